The van der Waals surface area contributed by atoms with Crippen LogP contribution in [0.2, 0.25) is 0 Å². The molecule has 3 nitrogen and oxygen atoms in total. The predicted octanol–water partition coefficient (Wildman–Crippen LogP) is 1.73. The summed E-state index contributed by atoms with van der Waals surface area (Å²) >= 11 is 5.98. The molecule has 0 amide bonds. The van der Waals surface area contributed by atoms with Gasteiger partial charge in [0.05, 0.1) is 6.54 Å². The summed E-state index contributed by atoms with van der Waals surface area (Å²) in [6, 6.07) is 4.18. The van der Waals surface area contributed by atoms with Crippen molar-refractivity contribution in [1.82, 2.24) is 4.57 Å². The first-order chi connectivity index (χ1) is 8.08. The van der Waals surface area contributed by atoms with Crippen molar-refractivity contribution in [3.8, 4) is 0 Å². The highest BCUT2D eigenvalue weighted by atomic mass is 32.1. The lowest BCUT2D eigenvalue weighted by molar-refractivity contribution is 0.623. The van der Waals surface area contributed by atoms with Crippen LogP contribution in [-0.4, -0.2) is 9.56 Å². The van der Waals surface area contributed by atoms with Gasteiger partial charge < -0.3 is 10.3 Å². The summed E-state index contributed by atoms with van der Waals surface area (Å²) in [6.07, 6.45) is 1.65. The van der Waals surface area contributed by atoms with E-state index in [1.807, 2.05) is 0 Å². The number of halogens is 1. The van der Waals surface area contributed by atoms with Gasteiger partial charge in [0.25, 0.3) is 0 Å². The number of hydrogen-bond donors (Lipinski definition) is 1. The van der Waals surface area contributed by atoms with E-state index in [2.05, 4.69) is 0 Å². The molecule has 0 aliphatic heterocycles. The SMILES string of the molecule is NC(=S)c1ccc(F)cc1Cn1ccsc1=O. The lowest BCUT2D eigenvalue weighted by Crippen LogP contribution is -2.18. The fourth-order valence-electron chi connectivity index (χ4n) is 1.52. The van der Waals surface area contributed by atoms with Crippen molar-refractivity contribution in [3.05, 3.63) is 56.4 Å². The number of rotatable bonds is 3. The Balaban J connectivity index is 2.44. The summed E-state index contributed by atoms with van der Waals surface area (Å²) in [5.41, 5.74) is 6.76. The lowest BCUT2D eigenvalue weighted by Gasteiger charge is -2.08. The standard InChI is InChI=1S/C11H9FN2OS2/c12-8-1-2-9(10(13)16)7(5-8)6-14-3-4-17-11(14)15/h1-5H,6H2,(H2,13,16). The Morgan fingerprint density at radius 3 is 2.88 bits per heavy atom. The van der Waals surface area contributed by atoms with E-state index in [1.165, 1.54) is 22.8 Å². The first-order valence-electron chi connectivity index (χ1n) is 4.80. The maximum absolute atomic E-state index is 13.2. The van der Waals surface area contributed by atoms with E-state index in [-0.39, 0.29) is 22.2 Å². The third kappa shape index (κ3) is 2.59. The van der Waals surface area contributed by atoms with Gasteiger partial charge >= 0.3 is 4.87 Å². The van der Waals surface area contributed by atoms with Crippen molar-refractivity contribution in [2.75, 3.05) is 0 Å². The van der Waals surface area contributed by atoms with Crippen LogP contribution >= 0.6 is 23.6 Å². The van der Waals surface area contributed by atoms with Crippen molar-refractivity contribution in [1.29, 1.82) is 0 Å². The maximum Gasteiger partial charge on any atom is 0.307 e. The van der Waals surface area contributed by atoms with Gasteiger partial charge in [-0.25, -0.2) is 4.39 Å². The van der Waals surface area contributed by atoms with E-state index in [9.17, 15) is 9.18 Å². The van der Waals surface area contributed by atoms with E-state index < -0.39 is 0 Å². The first kappa shape index (κ1) is 11.9. The lowest BCUT2D eigenvalue weighted by atomic mass is 10.1. The average molecular weight is 268 g/mol. The summed E-state index contributed by atoms with van der Waals surface area (Å²) in [7, 11) is 0. The molecule has 0 bridgehead atoms. The van der Waals surface area contributed by atoms with Gasteiger partial charge in [0, 0.05) is 17.1 Å². The Labute approximate surface area is 106 Å². The molecule has 88 valence electrons. The van der Waals surface area contributed by atoms with Crippen molar-refractivity contribution in [2.24, 2.45) is 5.73 Å². The van der Waals surface area contributed by atoms with Gasteiger partial charge in [-0.05, 0) is 23.8 Å². The molecule has 17 heavy (non-hydrogen) atoms. The number of hydrogen-bond acceptors (Lipinski definition) is 3. The smallest absolute Gasteiger partial charge is 0.307 e. The molecule has 2 rings (SSSR count). The van der Waals surface area contributed by atoms with Gasteiger partial charge in [-0.1, -0.05) is 23.6 Å². The second-order valence-corrected chi connectivity index (χ2v) is 4.76. The van der Waals surface area contributed by atoms with E-state index in [0.29, 0.717) is 11.1 Å². The average Bonchev–Trinajstić information content (AvgIpc) is 2.64. The van der Waals surface area contributed by atoms with Crippen molar-refractivity contribution < 1.29 is 4.39 Å². The fourth-order valence-corrected chi connectivity index (χ4v) is 2.31. The normalized spacial score (nSPS) is 10.4. The molecule has 0 saturated carbocycles. The summed E-state index contributed by atoms with van der Waals surface area (Å²) in [5, 5.41) is 1.68. The highest BCUT2D eigenvalue weighted by Crippen LogP contribution is 2.13. The minimum atomic E-state index is -0.372. The van der Waals surface area contributed by atoms with Crippen LogP contribution in [0.3, 0.4) is 0 Å². The molecule has 0 atom stereocenters. The largest absolute Gasteiger partial charge is 0.389 e. The van der Waals surface area contributed by atoms with Crippen molar-refractivity contribution in [2.45, 2.75) is 6.54 Å². The van der Waals surface area contributed by atoms with Crippen molar-refractivity contribution >= 4 is 28.5 Å². The molecule has 6 heteroatoms. The minimum absolute atomic E-state index is 0.0943. The van der Waals surface area contributed by atoms with E-state index in [0.717, 1.165) is 11.3 Å². The number of benzene rings is 1. The zero-order chi connectivity index (χ0) is 12.4. The van der Waals surface area contributed by atoms with Crippen LogP contribution in [0.15, 0.2) is 34.6 Å². The number of nitrogens with two attached hydrogens (primary N) is 1. The van der Waals surface area contributed by atoms with E-state index in [1.54, 1.807) is 11.6 Å². The highest BCUT2D eigenvalue weighted by molar-refractivity contribution is 7.80. The van der Waals surface area contributed by atoms with Crippen LogP contribution in [0, 0.1) is 5.82 Å². The Morgan fingerprint density at radius 2 is 2.29 bits per heavy atom. The van der Waals surface area contributed by atoms with Crippen LogP contribution in [0.25, 0.3) is 0 Å². The minimum Gasteiger partial charge on any atom is -0.389 e. The summed E-state index contributed by atoms with van der Waals surface area (Å²) in [4.78, 5) is 11.5. The number of thiazole rings is 1. The van der Waals surface area contributed by atoms with Gasteiger partial charge in [0.1, 0.15) is 10.8 Å². The molecule has 0 aliphatic carbocycles. The maximum atomic E-state index is 13.2. The monoisotopic (exact) mass is 268 g/mol. The number of aromatic nitrogens is 1. The second kappa shape index (κ2) is 4.77. The van der Waals surface area contributed by atoms with Crippen LogP contribution in [0.5, 0.6) is 0 Å². The molecule has 2 N–H and O–H groups in total. The number of thiocarbonyl (C=S) groups is 1. The Morgan fingerprint density at radius 1 is 1.53 bits per heavy atom. The van der Waals surface area contributed by atoms with E-state index in [4.69, 9.17) is 18.0 Å². The van der Waals surface area contributed by atoms with Crippen LogP contribution < -0.4 is 10.6 Å². The zero-order valence-electron chi connectivity index (χ0n) is 8.72. The van der Waals surface area contributed by atoms with Crippen LogP contribution in [0.1, 0.15) is 11.1 Å². The van der Waals surface area contributed by atoms with E-state index >= 15 is 0 Å². The van der Waals surface area contributed by atoms with Gasteiger partial charge in [0.15, 0.2) is 0 Å². The van der Waals surface area contributed by atoms with Crippen LogP contribution in [-0.2, 0) is 6.54 Å². The van der Waals surface area contributed by atoms with Gasteiger partial charge in [-0.3, -0.25) is 4.79 Å². The highest BCUT2D eigenvalue weighted by Gasteiger charge is 2.08. The van der Waals surface area contributed by atoms with Gasteiger partial charge in [0.2, 0.25) is 0 Å². The molecule has 0 spiro atoms. The molecule has 0 aliphatic rings. The molecule has 0 unspecified atom stereocenters. The molecular formula is C11H9FN2OS2. The Bertz CT molecular complexity index is 618. The zero-order valence-corrected chi connectivity index (χ0v) is 10.4. The number of nitrogens with zero attached hydrogens (tertiary/aromatic N) is 1. The molecule has 1 heterocycles. The Hall–Kier alpha value is -1.53. The van der Waals surface area contributed by atoms with Gasteiger partial charge in [-0.2, -0.15) is 0 Å². The predicted molar refractivity (Wildman–Crippen MR) is 70.0 cm³/mol. The third-order valence-corrected chi connectivity index (χ3v) is 3.23. The topological polar surface area (TPSA) is 48.0 Å². The molecule has 1 aromatic carbocycles. The third-order valence-electron chi connectivity index (χ3n) is 2.32. The summed E-state index contributed by atoms with van der Waals surface area (Å²) < 4.78 is 14.7. The molecule has 0 saturated heterocycles. The summed E-state index contributed by atoms with van der Waals surface area (Å²) in [5.74, 6) is -0.372. The molecule has 1 aromatic heterocycles. The Kier molecular flexibility index (Phi) is 3.35. The molecule has 2 aromatic rings. The molecule has 0 fully saturated rings. The van der Waals surface area contributed by atoms with Crippen molar-refractivity contribution in [3.63, 3.8) is 0 Å². The first-order valence-corrected chi connectivity index (χ1v) is 6.09. The second-order valence-electron chi connectivity index (χ2n) is 3.46. The van der Waals surface area contributed by atoms with Gasteiger partial charge in [-0.15, -0.1) is 0 Å². The molecule has 0 radical (unpaired) electrons. The molecular weight excluding hydrogens is 259 g/mol. The van der Waals surface area contributed by atoms with Crippen LogP contribution in [0.4, 0.5) is 4.39 Å². The summed E-state index contributed by atoms with van der Waals surface area (Å²) in [6.45, 7) is 0.271. The fraction of sp³-hybridized carbons (Fsp3) is 0.0909. The quantitative estimate of drug-likeness (QED) is 0.862.